The lowest BCUT2D eigenvalue weighted by Gasteiger charge is -2.22. The van der Waals surface area contributed by atoms with Crippen molar-refractivity contribution < 1.29 is 9.53 Å². The summed E-state index contributed by atoms with van der Waals surface area (Å²) < 4.78 is 7.44. The van der Waals surface area contributed by atoms with E-state index in [1.807, 2.05) is 4.57 Å². The molecule has 2 heterocycles. The van der Waals surface area contributed by atoms with E-state index in [0.29, 0.717) is 18.5 Å². The second-order valence-corrected chi connectivity index (χ2v) is 7.06. The molecule has 2 fully saturated rings. The van der Waals surface area contributed by atoms with Crippen molar-refractivity contribution >= 4 is 16.9 Å². The molecular weight excluding hydrogens is 302 g/mol. The third-order valence-electron chi connectivity index (χ3n) is 5.37. The van der Waals surface area contributed by atoms with Crippen LogP contribution in [0.2, 0.25) is 0 Å². The summed E-state index contributed by atoms with van der Waals surface area (Å²) in [5.74, 6) is 0.650. The number of hydrogen-bond donors (Lipinski definition) is 1. The van der Waals surface area contributed by atoms with Gasteiger partial charge in [-0.05, 0) is 49.3 Å². The fourth-order valence-electron chi connectivity index (χ4n) is 3.98. The molecular formula is C19H25N3O2. The molecule has 0 bridgehead atoms. The fourth-order valence-corrected chi connectivity index (χ4v) is 3.98. The van der Waals surface area contributed by atoms with Crippen LogP contribution in [-0.2, 0) is 16.1 Å². The molecule has 128 valence electrons. The highest BCUT2D eigenvalue weighted by atomic mass is 16.5. The molecule has 0 radical (unpaired) electrons. The Bertz CT molecular complexity index is 712. The van der Waals surface area contributed by atoms with E-state index in [9.17, 15) is 4.79 Å². The first-order chi connectivity index (χ1) is 11.8. The van der Waals surface area contributed by atoms with Crippen molar-refractivity contribution in [2.24, 2.45) is 0 Å². The van der Waals surface area contributed by atoms with Crippen molar-refractivity contribution in [3.63, 3.8) is 0 Å². The van der Waals surface area contributed by atoms with Gasteiger partial charge in [-0.1, -0.05) is 18.9 Å². The normalized spacial score (nSPS) is 19.8. The molecule has 24 heavy (non-hydrogen) atoms. The van der Waals surface area contributed by atoms with Gasteiger partial charge in [0.25, 0.3) is 0 Å². The zero-order chi connectivity index (χ0) is 16.4. The molecule has 1 saturated heterocycles. The van der Waals surface area contributed by atoms with Crippen molar-refractivity contribution in [2.75, 3.05) is 13.2 Å². The van der Waals surface area contributed by atoms with Crippen LogP contribution >= 0.6 is 0 Å². The molecule has 1 aromatic carbocycles. The van der Waals surface area contributed by atoms with Gasteiger partial charge < -0.3 is 14.6 Å². The minimum absolute atomic E-state index is 0.0951. The molecule has 1 aliphatic heterocycles. The maximum absolute atomic E-state index is 12.3. The molecule has 0 spiro atoms. The number of aromatic nitrogens is 2. The van der Waals surface area contributed by atoms with Gasteiger partial charge in [0, 0.05) is 19.3 Å². The van der Waals surface area contributed by atoms with Gasteiger partial charge in [-0.2, -0.15) is 0 Å². The molecule has 1 aliphatic carbocycles. The highest BCUT2D eigenvalue weighted by molar-refractivity contribution is 5.81. The lowest BCUT2D eigenvalue weighted by molar-refractivity contribution is -0.122. The van der Waals surface area contributed by atoms with Crippen LogP contribution in [0.4, 0.5) is 0 Å². The molecule has 0 unspecified atom stereocenters. The first kappa shape index (κ1) is 15.6. The number of ether oxygens (including phenoxy) is 1. The number of rotatable bonds is 4. The highest BCUT2D eigenvalue weighted by Crippen LogP contribution is 2.29. The molecule has 1 aromatic heterocycles. The maximum atomic E-state index is 12.3. The number of amides is 1. The quantitative estimate of drug-likeness (QED) is 0.939. The Kier molecular flexibility index (Phi) is 4.52. The van der Waals surface area contributed by atoms with E-state index in [1.54, 1.807) is 6.33 Å². The van der Waals surface area contributed by atoms with Crippen LogP contribution in [0.5, 0.6) is 0 Å². The number of hydrogen-bond acceptors (Lipinski definition) is 3. The lowest BCUT2D eigenvalue weighted by Crippen LogP contribution is -2.35. The SMILES string of the molecule is O=C(Cn1cnc2ccc(C3CCOCC3)cc21)NC1CCCC1. The Morgan fingerprint density at radius 3 is 2.79 bits per heavy atom. The van der Waals surface area contributed by atoms with Crippen LogP contribution < -0.4 is 5.32 Å². The third kappa shape index (κ3) is 3.31. The van der Waals surface area contributed by atoms with Crippen molar-refractivity contribution in [3.05, 3.63) is 30.1 Å². The lowest BCUT2D eigenvalue weighted by atomic mass is 9.91. The van der Waals surface area contributed by atoms with Gasteiger partial charge in [-0.15, -0.1) is 0 Å². The Labute approximate surface area is 142 Å². The van der Waals surface area contributed by atoms with E-state index in [2.05, 4.69) is 28.5 Å². The Morgan fingerprint density at radius 2 is 2.00 bits per heavy atom. The third-order valence-corrected chi connectivity index (χ3v) is 5.37. The average Bonchev–Trinajstić information content (AvgIpc) is 3.25. The van der Waals surface area contributed by atoms with Crippen molar-refractivity contribution in [1.29, 1.82) is 0 Å². The van der Waals surface area contributed by atoms with Crippen LogP contribution in [0.15, 0.2) is 24.5 Å². The number of carbonyl (C=O) groups is 1. The summed E-state index contributed by atoms with van der Waals surface area (Å²) in [5, 5.41) is 3.16. The number of carbonyl (C=O) groups excluding carboxylic acids is 1. The second-order valence-electron chi connectivity index (χ2n) is 7.06. The molecule has 5 nitrogen and oxygen atoms in total. The number of benzene rings is 1. The summed E-state index contributed by atoms with van der Waals surface area (Å²) in [5.41, 5.74) is 3.35. The zero-order valence-electron chi connectivity index (χ0n) is 14.0. The predicted octanol–water partition coefficient (Wildman–Crippen LogP) is 2.99. The van der Waals surface area contributed by atoms with Crippen LogP contribution in [0, 0.1) is 0 Å². The molecule has 4 rings (SSSR count). The van der Waals surface area contributed by atoms with Gasteiger partial charge >= 0.3 is 0 Å². The largest absolute Gasteiger partial charge is 0.381 e. The summed E-state index contributed by atoms with van der Waals surface area (Å²) in [6, 6.07) is 6.83. The molecule has 2 aliphatic rings. The van der Waals surface area contributed by atoms with Gasteiger partial charge in [0.15, 0.2) is 0 Å². The summed E-state index contributed by atoms with van der Waals surface area (Å²) in [6.07, 6.45) is 8.62. The van der Waals surface area contributed by atoms with Gasteiger partial charge in [-0.3, -0.25) is 4.79 Å². The maximum Gasteiger partial charge on any atom is 0.240 e. The van der Waals surface area contributed by atoms with E-state index in [-0.39, 0.29) is 5.91 Å². The summed E-state index contributed by atoms with van der Waals surface area (Å²) in [6.45, 7) is 2.03. The van der Waals surface area contributed by atoms with Crippen molar-refractivity contribution in [3.8, 4) is 0 Å². The monoisotopic (exact) mass is 327 g/mol. The van der Waals surface area contributed by atoms with Crippen LogP contribution in [0.25, 0.3) is 11.0 Å². The van der Waals surface area contributed by atoms with Gasteiger partial charge in [-0.25, -0.2) is 4.98 Å². The van der Waals surface area contributed by atoms with Crippen LogP contribution in [0.1, 0.15) is 50.0 Å². The molecule has 1 saturated carbocycles. The molecule has 1 amide bonds. The minimum atomic E-state index is 0.0951. The first-order valence-corrected chi connectivity index (χ1v) is 9.11. The average molecular weight is 327 g/mol. The fraction of sp³-hybridized carbons (Fsp3) is 0.579. The smallest absolute Gasteiger partial charge is 0.240 e. The molecule has 5 heteroatoms. The standard InChI is InChI=1S/C19H25N3O2/c23-19(21-16-3-1-2-4-16)12-22-13-20-17-6-5-15(11-18(17)22)14-7-9-24-10-8-14/h5-6,11,13-14,16H,1-4,7-10,12H2,(H,21,23). The van der Waals surface area contributed by atoms with E-state index in [4.69, 9.17) is 4.74 Å². The Morgan fingerprint density at radius 1 is 1.21 bits per heavy atom. The van der Waals surface area contributed by atoms with Crippen molar-refractivity contribution in [2.45, 2.75) is 57.0 Å². The number of imidazole rings is 1. The summed E-state index contributed by atoms with van der Waals surface area (Å²) in [7, 11) is 0. The Hall–Kier alpha value is -1.88. The highest BCUT2D eigenvalue weighted by Gasteiger charge is 2.19. The Balaban J connectivity index is 1.50. The number of nitrogens with zero attached hydrogens (tertiary/aromatic N) is 2. The van der Waals surface area contributed by atoms with Gasteiger partial charge in [0.05, 0.1) is 17.4 Å². The van der Waals surface area contributed by atoms with Crippen LogP contribution in [0.3, 0.4) is 0 Å². The van der Waals surface area contributed by atoms with E-state index < -0.39 is 0 Å². The van der Waals surface area contributed by atoms with E-state index in [0.717, 1.165) is 49.9 Å². The first-order valence-electron chi connectivity index (χ1n) is 9.11. The summed E-state index contributed by atoms with van der Waals surface area (Å²) >= 11 is 0. The van der Waals surface area contributed by atoms with E-state index >= 15 is 0 Å². The molecule has 1 N–H and O–H groups in total. The van der Waals surface area contributed by atoms with Crippen molar-refractivity contribution in [1.82, 2.24) is 14.9 Å². The van der Waals surface area contributed by atoms with Crippen LogP contribution in [-0.4, -0.2) is 34.7 Å². The topological polar surface area (TPSA) is 56.2 Å². The van der Waals surface area contributed by atoms with Gasteiger partial charge in [0.2, 0.25) is 5.91 Å². The van der Waals surface area contributed by atoms with Gasteiger partial charge in [0.1, 0.15) is 6.54 Å². The number of nitrogens with one attached hydrogen (secondary N) is 1. The predicted molar refractivity (Wildman–Crippen MR) is 92.9 cm³/mol. The number of fused-ring (bicyclic) bond motifs is 1. The molecule has 0 atom stereocenters. The molecule has 2 aromatic rings. The zero-order valence-corrected chi connectivity index (χ0v) is 14.0. The summed E-state index contributed by atoms with van der Waals surface area (Å²) in [4.78, 5) is 16.8. The minimum Gasteiger partial charge on any atom is -0.381 e. The second kappa shape index (κ2) is 6.93. The van der Waals surface area contributed by atoms with E-state index in [1.165, 1.54) is 18.4 Å².